The van der Waals surface area contributed by atoms with Gasteiger partial charge < -0.3 is 19.0 Å². The highest BCUT2D eigenvalue weighted by Crippen LogP contribution is 2.23. The van der Waals surface area contributed by atoms with E-state index in [0.717, 1.165) is 16.7 Å². The molecule has 3 aromatic carbocycles. The smallest absolute Gasteiger partial charge is 0.307 e. The molecule has 0 heterocycles. The van der Waals surface area contributed by atoms with Crippen molar-refractivity contribution in [1.82, 2.24) is 0 Å². The lowest BCUT2D eigenvalue weighted by molar-refractivity contribution is -0.143. The van der Waals surface area contributed by atoms with Crippen LogP contribution in [0.1, 0.15) is 36.0 Å². The second-order valence-corrected chi connectivity index (χ2v) is 7.57. The van der Waals surface area contributed by atoms with Crippen LogP contribution in [-0.2, 0) is 21.0 Å². The van der Waals surface area contributed by atoms with E-state index >= 15 is 0 Å². The first-order valence-corrected chi connectivity index (χ1v) is 11.3. The number of carbonyl (C=O) groups excluding carboxylic acids is 1. The van der Waals surface area contributed by atoms with Crippen molar-refractivity contribution in [1.29, 1.82) is 5.26 Å². The van der Waals surface area contributed by atoms with Gasteiger partial charge in [-0.15, -0.1) is 0 Å². The van der Waals surface area contributed by atoms with Crippen molar-refractivity contribution in [3.05, 3.63) is 95.6 Å². The maximum Gasteiger partial charge on any atom is 0.307 e. The van der Waals surface area contributed by atoms with Crippen LogP contribution in [0.4, 0.5) is 0 Å². The minimum absolute atomic E-state index is 0.0309. The van der Waals surface area contributed by atoms with E-state index in [0.29, 0.717) is 30.4 Å². The lowest BCUT2D eigenvalue weighted by Gasteiger charge is -2.11. The summed E-state index contributed by atoms with van der Waals surface area (Å²) >= 11 is 0. The molecule has 0 amide bonds. The number of hydrogen-bond donors (Lipinski definition) is 0. The van der Waals surface area contributed by atoms with Crippen LogP contribution >= 0.6 is 0 Å². The maximum atomic E-state index is 11.7. The fraction of sp³-hybridized carbons (Fsp3) is 0.250. The third-order valence-corrected chi connectivity index (χ3v) is 5.13. The van der Waals surface area contributed by atoms with Crippen LogP contribution in [-0.4, -0.2) is 32.0 Å². The summed E-state index contributed by atoms with van der Waals surface area (Å²) in [5, 5.41) is 13.4. The SMILES string of the molecule is CCOC(=O)CC(C#N)c1ccc(OCc2ccc(OCC(=NOC)c3ccccc3)cc2)cc1. The third kappa shape index (κ3) is 7.90. The highest BCUT2D eigenvalue weighted by Gasteiger charge is 2.16. The predicted octanol–water partition coefficient (Wildman–Crippen LogP) is 5.26. The van der Waals surface area contributed by atoms with Crippen molar-refractivity contribution < 1.29 is 23.8 Å². The summed E-state index contributed by atoms with van der Waals surface area (Å²) in [5.41, 5.74) is 3.37. The maximum absolute atomic E-state index is 11.7. The zero-order chi connectivity index (χ0) is 24.9. The van der Waals surface area contributed by atoms with Crippen LogP contribution < -0.4 is 9.47 Å². The molecule has 0 aromatic heterocycles. The van der Waals surface area contributed by atoms with Crippen molar-refractivity contribution in [2.45, 2.75) is 25.9 Å². The van der Waals surface area contributed by atoms with E-state index < -0.39 is 5.92 Å². The van der Waals surface area contributed by atoms with Gasteiger partial charge in [0.25, 0.3) is 0 Å². The Morgan fingerprint density at radius 2 is 1.60 bits per heavy atom. The average Bonchev–Trinajstić information content (AvgIpc) is 2.90. The number of nitriles is 1. The first-order valence-electron chi connectivity index (χ1n) is 11.3. The molecule has 7 heteroatoms. The number of nitrogens with zero attached hydrogens (tertiary/aromatic N) is 2. The third-order valence-electron chi connectivity index (χ3n) is 5.13. The Hall–Kier alpha value is -4.31. The van der Waals surface area contributed by atoms with Crippen molar-refractivity contribution >= 4 is 11.7 Å². The molecular weight excluding hydrogens is 444 g/mol. The number of esters is 1. The lowest BCUT2D eigenvalue weighted by atomic mass is 9.97. The molecule has 1 unspecified atom stereocenters. The summed E-state index contributed by atoms with van der Waals surface area (Å²) in [5.74, 6) is 0.452. The van der Waals surface area contributed by atoms with Gasteiger partial charge in [0.2, 0.25) is 0 Å². The topological polar surface area (TPSA) is 90.1 Å². The standard InChI is InChI=1S/C28H28N2O5/c1-3-33-28(31)17-24(18-29)22-11-15-26(16-12-22)34-19-21-9-13-25(14-10-21)35-20-27(30-32-2)23-7-5-4-6-8-23/h4-16,24H,3,17,19-20H2,1-2H3. The van der Waals surface area contributed by atoms with E-state index in [9.17, 15) is 10.1 Å². The molecule has 0 aliphatic rings. The molecule has 180 valence electrons. The predicted molar refractivity (Wildman–Crippen MR) is 132 cm³/mol. The molecule has 0 spiro atoms. The molecule has 0 bridgehead atoms. The number of benzene rings is 3. The Bertz CT molecular complexity index is 1140. The van der Waals surface area contributed by atoms with Gasteiger partial charge >= 0.3 is 5.97 Å². The second kappa shape index (κ2) is 13.4. The van der Waals surface area contributed by atoms with Gasteiger partial charge in [-0.1, -0.05) is 59.8 Å². The molecule has 0 N–H and O–H groups in total. The van der Waals surface area contributed by atoms with Gasteiger partial charge in [0.05, 0.1) is 25.0 Å². The number of oxime groups is 1. The van der Waals surface area contributed by atoms with Crippen molar-refractivity contribution in [3.63, 3.8) is 0 Å². The average molecular weight is 473 g/mol. The van der Waals surface area contributed by atoms with Gasteiger partial charge in [0, 0.05) is 5.56 Å². The summed E-state index contributed by atoms with van der Waals surface area (Å²) in [6.07, 6.45) is 0.0309. The van der Waals surface area contributed by atoms with Crippen LogP contribution in [0.3, 0.4) is 0 Å². The molecule has 3 aromatic rings. The fourth-order valence-electron chi connectivity index (χ4n) is 3.32. The number of hydrogen-bond acceptors (Lipinski definition) is 7. The van der Waals surface area contributed by atoms with Crippen molar-refractivity contribution in [2.24, 2.45) is 5.16 Å². The molecule has 0 aliphatic heterocycles. The summed E-state index contributed by atoms with van der Waals surface area (Å²) in [6.45, 7) is 2.70. The summed E-state index contributed by atoms with van der Waals surface area (Å²) < 4.78 is 16.7. The number of rotatable bonds is 12. The molecule has 0 fully saturated rings. The largest absolute Gasteiger partial charge is 0.489 e. The Labute approximate surface area is 205 Å². The summed E-state index contributed by atoms with van der Waals surface area (Å²) in [6, 6.07) is 26.7. The van der Waals surface area contributed by atoms with Crippen LogP contribution in [0.2, 0.25) is 0 Å². The van der Waals surface area contributed by atoms with E-state index in [4.69, 9.17) is 19.0 Å². The van der Waals surface area contributed by atoms with E-state index in [1.165, 1.54) is 7.11 Å². The first kappa shape index (κ1) is 25.3. The zero-order valence-corrected chi connectivity index (χ0v) is 19.8. The molecule has 0 saturated carbocycles. The second-order valence-electron chi connectivity index (χ2n) is 7.57. The minimum Gasteiger partial charge on any atom is -0.489 e. The summed E-state index contributed by atoms with van der Waals surface area (Å²) in [7, 11) is 1.51. The van der Waals surface area contributed by atoms with E-state index in [2.05, 4.69) is 11.2 Å². The molecule has 7 nitrogen and oxygen atoms in total. The van der Waals surface area contributed by atoms with Crippen molar-refractivity contribution in [3.8, 4) is 17.6 Å². The molecule has 0 aliphatic carbocycles. The fourth-order valence-corrected chi connectivity index (χ4v) is 3.32. The molecule has 0 radical (unpaired) electrons. The highest BCUT2D eigenvalue weighted by atomic mass is 16.6. The van der Waals surface area contributed by atoms with Gasteiger partial charge in [-0.2, -0.15) is 5.26 Å². The Kier molecular flexibility index (Phi) is 9.70. The normalized spacial score (nSPS) is 11.7. The van der Waals surface area contributed by atoms with Gasteiger partial charge in [-0.25, -0.2) is 0 Å². The van der Waals surface area contributed by atoms with E-state index in [1.54, 1.807) is 31.2 Å². The molecule has 35 heavy (non-hydrogen) atoms. The van der Waals surface area contributed by atoms with Crippen LogP contribution in [0.25, 0.3) is 0 Å². The van der Waals surface area contributed by atoms with Crippen LogP contribution in [0.5, 0.6) is 11.5 Å². The zero-order valence-electron chi connectivity index (χ0n) is 19.8. The summed E-state index contributed by atoms with van der Waals surface area (Å²) in [4.78, 5) is 16.6. The monoisotopic (exact) mass is 472 g/mol. The molecule has 3 rings (SSSR count). The lowest BCUT2D eigenvalue weighted by Crippen LogP contribution is -2.13. The van der Waals surface area contributed by atoms with Gasteiger partial charge in [0.15, 0.2) is 0 Å². The van der Waals surface area contributed by atoms with Gasteiger partial charge in [0.1, 0.15) is 37.5 Å². The Morgan fingerprint density at radius 1 is 0.943 bits per heavy atom. The number of carbonyl (C=O) groups is 1. The minimum atomic E-state index is -0.549. The highest BCUT2D eigenvalue weighted by molar-refractivity contribution is 6.01. The Balaban J connectivity index is 1.51. The van der Waals surface area contributed by atoms with Gasteiger partial charge in [-0.05, 0) is 42.3 Å². The molecule has 0 saturated heterocycles. The number of ether oxygens (including phenoxy) is 3. The van der Waals surface area contributed by atoms with Gasteiger partial charge in [-0.3, -0.25) is 4.79 Å². The molecule has 1 atom stereocenters. The Morgan fingerprint density at radius 3 is 2.23 bits per heavy atom. The van der Waals surface area contributed by atoms with E-state index in [-0.39, 0.29) is 19.0 Å². The first-order chi connectivity index (χ1) is 17.1. The quantitative estimate of drug-likeness (QED) is 0.203. The van der Waals surface area contributed by atoms with Crippen LogP contribution in [0.15, 0.2) is 84.0 Å². The molecular formula is C28H28N2O5. The van der Waals surface area contributed by atoms with Crippen LogP contribution in [0, 0.1) is 11.3 Å². The van der Waals surface area contributed by atoms with Crippen molar-refractivity contribution in [2.75, 3.05) is 20.3 Å². The van der Waals surface area contributed by atoms with E-state index in [1.807, 2.05) is 54.6 Å².